The molecular formula is C12H18Cl2FN3O. The molecular weight excluding hydrogens is 292 g/mol. The van der Waals surface area contributed by atoms with Crippen LogP contribution >= 0.6 is 24.8 Å². The van der Waals surface area contributed by atoms with Gasteiger partial charge < -0.3 is 10.6 Å². The number of amides is 1. The normalized spacial score (nSPS) is 15.4. The number of aromatic nitrogens is 1. The molecule has 0 aliphatic carbocycles. The van der Waals surface area contributed by atoms with Gasteiger partial charge in [-0.1, -0.05) is 0 Å². The monoisotopic (exact) mass is 309 g/mol. The predicted octanol–water partition coefficient (Wildman–Crippen LogP) is 1.88. The third-order valence-electron chi connectivity index (χ3n) is 3.19. The minimum Gasteiger partial charge on any atom is -0.339 e. The van der Waals surface area contributed by atoms with Crippen molar-refractivity contribution in [3.05, 3.63) is 29.8 Å². The maximum absolute atomic E-state index is 13.0. The van der Waals surface area contributed by atoms with Crippen molar-refractivity contribution in [2.75, 3.05) is 19.6 Å². The highest BCUT2D eigenvalue weighted by atomic mass is 35.5. The van der Waals surface area contributed by atoms with Crippen LogP contribution < -0.4 is 5.73 Å². The summed E-state index contributed by atoms with van der Waals surface area (Å²) in [4.78, 5) is 17.5. The molecule has 1 aliphatic rings. The van der Waals surface area contributed by atoms with Crippen LogP contribution in [0.3, 0.4) is 0 Å². The van der Waals surface area contributed by atoms with E-state index in [4.69, 9.17) is 5.73 Å². The van der Waals surface area contributed by atoms with Crippen molar-refractivity contribution in [3.8, 4) is 0 Å². The lowest BCUT2D eigenvalue weighted by Gasteiger charge is -2.31. The highest BCUT2D eigenvalue weighted by Gasteiger charge is 2.23. The van der Waals surface area contributed by atoms with Gasteiger partial charge in [0.05, 0.1) is 11.8 Å². The van der Waals surface area contributed by atoms with Crippen molar-refractivity contribution in [3.63, 3.8) is 0 Å². The average Bonchev–Trinajstić information content (AvgIpc) is 2.38. The van der Waals surface area contributed by atoms with Crippen molar-refractivity contribution < 1.29 is 9.18 Å². The number of likely N-dealkylation sites (tertiary alicyclic amines) is 1. The summed E-state index contributed by atoms with van der Waals surface area (Å²) in [7, 11) is 0. The molecule has 1 aromatic rings. The zero-order valence-electron chi connectivity index (χ0n) is 10.4. The molecule has 2 N–H and O–H groups in total. The second-order valence-corrected chi connectivity index (χ2v) is 4.36. The van der Waals surface area contributed by atoms with Crippen molar-refractivity contribution in [1.82, 2.24) is 9.88 Å². The van der Waals surface area contributed by atoms with Gasteiger partial charge in [0.2, 0.25) is 0 Å². The fraction of sp³-hybridized carbons (Fsp3) is 0.500. The van der Waals surface area contributed by atoms with E-state index in [9.17, 15) is 9.18 Å². The smallest absolute Gasteiger partial charge is 0.255 e. The van der Waals surface area contributed by atoms with Gasteiger partial charge in [0.25, 0.3) is 5.91 Å². The molecule has 0 bridgehead atoms. The van der Waals surface area contributed by atoms with E-state index in [-0.39, 0.29) is 30.7 Å². The number of pyridine rings is 1. The van der Waals surface area contributed by atoms with E-state index < -0.39 is 5.82 Å². The second kappa shape index (κ2) is 8.30. The van der Waals surface area contributed by atoms with E-state index in [0.717, 1.165) is 19.0 Å². The number of hydrogen-bond donors (Lipinski definition) is 1. The van der Waals surface area contributed by atoms with Crippen LogP contribution in [0.25, 0.3) is 0 Å². The number of carbonyl (C=O) groups is 1. The minimum absolute atomic E-state index is 0. The first kappa shape index (κ1) is 18.1. The Morgan fingerprint density at radius 1 is 1.37 bits per heavy atom. The lowest BCUT2D eigenvalue weighted by atomic mass is 9.97. The highest BCUT2D eigenvalue weighted by Crippen LogP contribution is 2.17. The Balaban J connectivity index is 0.00000162. The van der Waals surface area contributed by atoms with Crippen LogP contribution in [0.15, 0.2) is 18.5 Å². The molecule has 0 radical (unpaired) electrons. The number of hydrogen-bond acceptors (Lipinski definition) is 3. The van der Waals surface area contributed by atoms with Crippen LogP contribution in [0.2, 0.25) is 0 Å². The Hall–Kier alpha value is -0.910. The Morgan fingerprint density at radius 2 is 2.00 bits per heavy atom. The highest BCUT2D eigenvalue weighted by molar-refractivity contribution is 5.93. The van der Waals surface area contributed by atoms with Crippen molar-refractivity contribution in [1.29, 1.82) is 0 Å². The summed E-state index contributed by atoms with van der Waals surface area (Å²) in [5, 5.41) is 0. The number of rotatable bonds is 2. The molecule has 2 heterocycles. The van der Waals surface area contributed by atoms with Crippen molar-refractivity contribution >= 4 is 30.7 Å². The Labute approximate surface area is 124 Å². The summed E-state index contributed by atoms with van der Waals surface area (Å²) in [6, 6.07) is 1.23. The molecule has 7 heteroatoms. The van der Waals surface area contributed by atoms with E-state index in [2.05, 4.69) is 4.98 Å². The average molecular weight is 310 g/mol. The van der Waals surface area contributed by atoms with Gasteiger partial charge in [-0.15, -0.1) is 24.8 Å². The maximum atomic E-state index is 13.0. The van der Waals surface area contributed by atoms with Crippen LogP contribution in [0.5, 0.6) is 0 Å². The quantitative estimate of drug-likeness (QED) is 0.907. The summed E-state index contributed by atoms with van der Waals surface area (Å²) in [5.41, 5.74) is 5.91. The summed E-state index contributed by atoms with van der Waals surface area (Å²) < 4.78 is 13.0. The molecule has 0 saturated carbocycles. The third-order valence-corrected chi connectivity index (χ3v) is 3.19. The molecule has 0 aromatic carbocycles. The zero-order valence-corrected chi connectivity index (χ0v) is 12.1. The van der Waals surface area contributed by atoms with Gasteiger partial charge in [-0.2, -0.15) is 0 Å². The van der Waals surface area contributed by atoms with Crippen LogP contribution in [0.4, 0.5) is 4.39 Å². The second-order valence-electron chi connectivity index (χ2n) is 4.36. The Morgan fingerprint density at radius 3 is 2.53 bits per heavy atom. The molecule has 2 rings (SSSR count). The molecule has 1 aromatic heterocycles. The topological polar surface area (TPSA) is 59.2 Å². The maximum Gasteiger partial charge on any atom is 0.255 e. The van der Waals surface area contributed by atoms with E-state index >= 15 is 0 Å². The molecule has 1 amide bonds. The van der Waals surface area contributed by atoms with Crippen LogP contribution in [-0.4, -0.2) is 35.4 Å². The van der Waals surface area contributed by atoms with Gasteiger partial charge in [0.1, 0.15) is 5.82 Å². The van der Waals surface area contributed by atoms with Gasteiger partial charge in [-0.25, -0.2) is 4.39 Å². The molecule has 0 atom stereocenters. The predicted molar refractivity (Wildman–Crippen MR) is 76.4 cm³/mol. The van der Waals surface area contributed by atoms with Gasteiger partial charge in [-0.3, -0.25) is 9.78 Å². The van der Waals surface area contributed by atoms with Gasteiger partial charge >= 0.3 is 0 Å². The van der Waals surface area contributed by atoms with Gasteiger partial charge in [0, 0.05) is 19.3 Å². The number of piperidine rings is 1. The standard InChI is InChI=1S/C12H16FN3O.2ClH/c13-11-5-10(7-15-8-11)12(17)16-3-1-9(6-14)2-4-16;;/h5,7-9H,1-4,6,14H2;2*1H. The first-order valence-corrected chi connectivity index (χ1v) is 5.80. The van der Waals surface area contributed by atoms with E-state index in [1.54, 1.807) is 4.90 Å². The van der Waals surface area contributed by atoms with Crippen LogP contribution in [-0.2, 0) is 0 Å². The fourth-order valence-corrected chi connectivity index (χ4v) is 2.08. The van der Waals surface area contributed by atoms with Gasteiger partial charge in [-0.05, 0) is 31.4 Å². The molecule has 1 fully saturated rings. The first-order chi connectivity index (χ1) is 8.20. The third kappa shape index (κ3) is 4.60. The lowest BCUT2D eigenvalue weighted by molar-refractivity contribution is 0.0692. The van der Waals surface area contributed by atoms with Crippen LogP contribution in [0, 0.1) is 11.7 Å². The molecule has 4 nitrogen and oxygen atoms in total. The summed E-state index contributed by atoms with van der Waals surface area (Å²) >= 11 is 0. The SMILES string of the molecule is Cl.Cl.NCC1CCN(C(=O)c2cncc(F)c2)CC1. The minimum atomic E-state index is -0.479. The van der Waals surface area contributed by atoms with Gasteiger partial charge in [0.15, 0.2) is 0 Å². The molecule has 1 saturated heterocycles. The Kier molecular flexibility index (Phi) is 7.90. The van der Waals surface area contributed by atoms with Crippen molar-refractivity contribution in [2.45, 2.75) is 12.8 Å². The number of nitrogens with two attached hydrogens (primary N) is 1. The van der Waals surface area contributed by atoms with E-state index in [1.165, 1.54) is 12.3 Å². The number of carbonyl (C=O) groups excluding carboxylic acids is 1. The fourth-order valence-electron chi connectivity index (χ4n) is 2.08. The molecule has 0 unspecified atom stereocenters. The Bertz CT molecular complexity index is 412. The summed E-state index contributed by atoms with van der Waals surface area (Å²) in [6.45, 7) is 2.05. The molecule has 0 spiro atoms. The largest absolute Gasteiger partial charge is 0.339 e. The summed E-state index contributed by atoms with van der Waals surface area (Å²) in [6.07, 6.45) is 4.34. The van der Waals surface area contributed by atoms with Crippen molar-refractivity contribution in [2.24, 2.45) is 11.7 Å². The number of nitrogens with zero attached hydrogens (tertiary/aromatic N) is 2. The van der Waals surface area contributed by atoms with Crippen LogP contribution in [0.1, 0.15) is 23.2 Å². The number of halogens is 3. The van der Waals surface area contributed by atoms with E-state index in [1.807, 2.05) is 0 Å². The molecule has 108 valence electrons. The summed E-state index contributed by atoms with van der Waals surface area (Å²) in [5.74, 6) is -0.121. The zero-order chi connectivity index (χ0) is 12.3. The first-order valence-electron chi connectivity index (χ1n) is 5.80. The van der Waals surface area contributed by atoms with E-state index in [0.29, 0.717) is 31.1 Å². The molecule has 1 aliphatic heterocycles. The molecule has 19 heavy (non-hydrogen) atoms. The lowest BCUT2D eigenvalue weighted by Crippen LogP contribution is -2.40.